The van der Waals surface area contributed by atoms with Crippen molar-refractivity contribution < 1.29 is 9.90 Å². The molecule has 0 radical (unpaired) electrons. The molecule has 1 aliphatic heterocycles. The van der Waals surface area contributed by atoms with Crippen molar-refractivity contribution in [2.24, 2.45) is 0 Å². The molecule has 1 aliphatic rings. The number of thioether (sulfide) groups is 1. The molecule has 6 heteroatoms. The van der Waals surface area contributed by atoms with Crippen molar-refractivity contribution in [1.29, 1.82) is 0 Å². The van der Waals surface area contributed by atoms with Crippen molar-refractivity contribution in [3.05, 3.63) is 28.8 Å². The fraction of sp³-hybridized carbons (Fsp3) is 0.533. The number of likely N-dealkylation sites (N-methyl/N-ethyl adjacent to an activating group) is 1. The molecule has 0 spiro atoms. The van der Waals surface area contributed by atoms with E-state index in [0.717, 1.165) is 17.7 Å². The van der Waals surface area contributed by atoms with E-state index in [1.165, 1.54) is 9.80 Å². The molecule has 2 amide bonds. The number of carbonyl (C=O) groups is 1. The van der Waals surface area contributed by atoms with Gasteiger partial charge in [-0.3, -0.25) is 0 Å². The quantitative estimate of drug-likeness (QED) is 0.895. The number of fused-ring (bicyclic) bond motifs is 1. The Hall–Kier alpha value is -0.910. The van der Waals surface area contributed by atoms with Crippen molar-refractivity contribution in [3.63, 3.8) is 0 Å². The van der Waals surface area contributed by atoms with E-state index in [1.54, 1.807) is 32.7 Å². The molecular weight excluding hydrogens is 308 g/mol. The molecule has 0 saturated heterocycles. The average molecular weight is 329 g/mol. The van der Waals surface area contributed by atoms with Crippen molar-refractivity contribution in [2.45, 2.75) is 36.8 Å². The number of amides is 2. The van der Waals surface area contributed by atoms with Crippen molar-refractivity contribution in [2.75, 3.05) is 19.3 Å². The Labute approximate surface area is 134 Å². The van der Waals surface area contributed by atoms with E-state index in [-0.39, 0.29) is 18.6 Å². The zero-order valence-electron chi connectivity index (χ0n) is 12.5. The standard InChI is InChI=1S/C15H21ClN2O2S/c1-15(2,20)9-18(3)14(19)17-12-6-7-21-13-5-4-10(16)8-11(12)13/h4-5,8,12,20H,6-7,9H2,1-3H3,(H,17,19). The van der Waals surface area contributed by atoms with Crippen LogP contribution in [0.4, 0.5) is 4.79 Å². The molecule has 0 aromatic heterocycles. The highest BCUT2D eigenvalue weighted by atomic mass is 35.5. The Morgan fingerprint density at radius 3 is 2.95 bits per heavy atom. The Morgan fingerprint density at radius 1 is 1.57 bits per heavy atom. The van der Waals surface area contributed by atoms with Crippen LogP contribution >= 0.6 is 23.4 Å². The summed E-state index contributed by atoms with van der Waals surface area (Å²) in [5.41, 5.74) is 0.166. The molecule has 2 N–H and O–H groups in total. The third-order valence-electron chi connectivity index (χ3n) is 3.28. The second-order valence-corrected chi connectivity index (χ2v) is 7.56. The first-order valence-corrected chi connectivity index (χ1v) is 8.29. The normalized spacial score (nSPS) is 18.0. The molecule has 4 nitrogen and oxygen atoms in total. The van der Waals surface area contributed by atoms with Gasteiger partial charge in [0, 0.05) is 22.7 Å². The van der Waals surface area contributed by atoms with E-state index in [1.807, 2.05) is 18.2 Å². The number of aliphatic hydroxyl groups is 1. The second-order valence-electron chi connectivity index (χ2n) is 5.99. The van der Waals surface area contributed by atoms with Crippen molar-refractivity contribution >= 4 is 29.4 Å². The van der Waals surface area contributed by atoms with Gasteiger partial charge in [0.05, 0.1) is 18.2 Å². The maximum Gasteiger partial charge on any atom is 0.317 e. The predicted molar refractivity (Wildman–Crippen MR) is 87.0 cm³/mol. The van der Waals surface area contributed by atoms with Crippen LogP contribution in [0.1, 0.15) is 31.9 Å². The highest BCUT2D eigenvalue weighted by Gasteiger charge is 2.25. The summed E-state index contributed by atoms with van der Waals surface area (Å²) in [5.74, 6) is 0.967. The largest absolute Gasteiger partial charge is 0.389 e. The molecular formula is C15H21ClN2O2S. The second kappa shape index (κ2) is 6.46. The molecule has 0 aliphatic carbocycles. The summed E-state index contributed by atoms with van der Waals surface area (Å²) in [7, 11) is 1.68. The van der Waals surface area contributed by atoms with Gasteiger partial charge in [0.15, 0.2) is 0 Å². The molecule has 116 valence electrons. The fourth-order valence-electron chi connectivity index (χ4n) is 2.43. The van der Waals surface area contributed by atoms with Crippen LogP contribution in [-0.4, -0.2) is 41.0 Å². The molecule has 1 aromatic carbocycles. The summed E-state index contributed by atoms with van der Waals surface area (Å²) in [5, 5.41) is 13.5. The summed E-state index contributed by atoms with van der Waals surface area (Å²) in [6.45, 7) is 3.65. The van der Waals surface area contributed by atoms with Gasteiger partial charge in [-0.1, -0.05) is 11.6 Å². The van der Waals surface area contributed by atoms with Crippen LogP contribution in [0.15, 0.2) is 23.1 Å². The zero-order valence-corrected chi connectivity index (χ0v) is 14.1. The summed E-state index contributed by atoms with van der Waals surface area (Å²) >= 11 is 7.85. The third-order valence-corrected chi connectivity index (χ3v) is 4.64. The van der Waals surface area contributed by atoms with E-state index >= 15 is 0 Å². The van der Waals surface area contributed by atoms with Crippen LogP contribution in [0.3, 0.4) is 0 Å². The number of halogens is 1. The van der Waals surface area contributed by atoms with Gasteiger partial charge < -0.3 is 15.3 Å². The van der Waals surface area contributed by atoms with Crippen molar-refractivity contribution in [1.82, 2.24) is 10.2 Å². The average Bonchev–Trinajstić information content (AvgIpc) is 2.37. The minimum Gasteiger partial charge on any atom is -0.389 e. The van der Waals surface area contributed by atoms with Gasteiger partial charge in [0.25, 0.3) is 0 Å². The first kappa shape index (κ1) is 16.5. The monoisotopic (exact) mass is 328 g/mol. The number of carbonyl (C=O) groups excluding carboxylic acids is 1. The van der Waals surface area contributed by atoms with Gasteiger partial charge in [-0.25, -0.2) is 4.79 Å². The maximum absolute atomic E-state index is 12.2. The SMILES string of the molecule is CN(CC(C)(C)O)C(=O)NC1CCSc2ccc(Cl)cc21. The minimum atomic E-state index is -0.907. The van der Waals surface area contributed by atoms with E-state index in [9.17, 15) is 9.90 Å². The molecule has 1 aromatic rings. The number of benzene rings is 1. The lowest BCUT2D eigenvalue weighted by molar-refractivity contribution is 0.0527. The first-order chi connectivity index (χ1) is 9.76. The number of nitrogens with one attached hydrogen (secondary N) is 1. The lowest BCUT2D eigenvalue weighted by Gasteiger charge is -2.30. The van der Waals surface area contributed by atoms with E-state index < -0.39 is 5.60 Å². The van der Waals surface area contributed by atoms with Crippen LogP contribution in [-0.2, 0) is 0 Å². The van der Waals surface area contributed by atoms with E-state index in [2.05, 4.69) is 5.32 Å². The lowest BCUT2D eigenvalue weighted by atomic mass is 10.0. The van der Waals surface area contributed by atoms with Gasteiger partial charge >= 0.3 is 6.03 Å². The van der Waals surface area contributed by atoms with E-state index in [0.29, 0.717) is 5.02 Å². The van der Waals surface area contributed by atoms with Crippen molar-refractivity contribution in [3.8, 4) is 0 Å². The highest BCUT2D eigenvalue weighted by Crippen LogP contribution is 2.37. The fourth-order valence-corrected chi connectivity index (χ4v) is 3.71. The van der Waals surface area contributed by atoms with Gasteiger partial charge in [-0.05, 0) is 44.0 Å². The number of hydrogen-bond acceptors (Lipinski definition) is 3. The van der Waals surface area contributed by atoms with Gasteiger partial charge in [-0.15, -0.1) is 11.8 Å². The smallest absolute Gasteiger partial charge is 0.317 e. The number of urea groups is 1. The lowest BCUT2D eigenvalue weighted by Crippen LogP contribution is -2.46. The summed E-state index contributed by atoms with van der Waals surface area (Å²) in [6.07, 6.45) is 0.875. The number of nitrogens with zero attached hydrogens (tertiary/aromatic N) is 1. The molecule has 21 heavy (non-hydrogen) atoms. The van der Waals surface area contributed by atoms with Crippen LogP contribution in [0.25, 0.3) is 0 Å². The Kier molecular flexibility index (Phi) is 5.07. The van der Waals surface area contributed by atoms with Gasteiger partial charge in [0.1, 0.15) is 0 Å². The number of rotatable bonds is 3. The topological polar surface area (TPSA) is 52.6 Å². The summed E-state index contributed by atoms with van der Waals surface area (Å²) in [4.78, 5) is 14.9. The van der Waals surface area contributed by atoms with Gasteiger partial charge in [-0.2, -0.15) is 0 Å². The Balaban J connectivity index is 2.08. The molecule has 1 heterocycles. The van der Waals surface area contributed by atoms with E-state index in [4.69, 9.17) is 11.6 Å². The van der Waals surface area contributed by atoms with Crippen LogP contribution < -0.4 is 5.32 Å². The Bertz CT molecular complexity index is 531. The predicted octanol–water partition coefficient (Wildman–Crippen LogP) is 3.29. The van der Waals surface area contributed by atoms with Crippen LogP contribution in [0.5, 0.6) is 0 Å². The zero-order chi connectivity index (χ0) is 15.6. The van der Waals surface area contributed by atoms with Gasteiger partial charge in [0.2, 0.25) is 0 Å². The molecule has 0 fully saturated rings. The molecule has 0 bridgehead atoms. The third kappa shape index (κ3) is 4.53. The first-order valence-electron chi connectivity index (χ1n) is 6.92. The maximum atomic E-state index is 12.2. The highest BCUT2D eigenvalue weighted by molar-refractivity contribution is 7.99. The van der Waals surface area contributed by atoms with Crippen LogP contribution in [0, 0.1) is 0 Å². The molecule has 1 unspecified atom stereocenters. The minimum absolute atomic E-state index is 0.0308. The molecule has 0 saturated carbocycles. The van der Waals surface area contributed by atoms with Crippen LogP contribution in [0.2, 0.25) is 5.02 Å². The summed E-state index contributed by atoms with van der Waals surface area (Å²) < 4.78 is 0. The molecule has 2 rings (SSSR count). The molecule has 1 atom stereocenters. The number of hydrogen-bond donors (Lipinski definition) is 2. The summed E-state index contributed by atoms with van der Waals surface area (Å²) in [6, 6.07) is 5.58. The Morgan fingerprint density at radius 2 is 2.29 bits per heavy atom.